The van der Waals surface area contributed by atoms with Crippen LogP contribution < -0.4 is 5.73 Å². The molecular weight excluding hydrogens is 314 g/mol. The molecule has 2 saturated heterocycles. The molecule has 0 radical (unpaired) electrons. The summed E-state index contributed by atoms with van der Waals surface area (Å²) in [5, 5.41) is -0.0747. The summed E-state index contributed by atoms with van der Waals surface area (Å²) in [6.45, 7) is 4.77. The molecular formula is C17H23NO4S. The van der Waals surface area contributed by atoms with E-state index < -0.39 is 5.79 Å². The quantitative estimate of drug-likeness (QED) is 0.517. The molecule has 2 aliphatic rings. The molecule has 6 heteroatoms. The Bertz CT molecular complexity index is 577. The number of hydrogen-bond acceptors (Lipinski definition) is 6. The summed E-state index contributed by atoms with van der Waals surface area (Å²) in [6.07, 6.45) is 1.53. The lowest BCUT2D eigenvalue weighted by Gasteiger charge is -2.32. The Kier molecular flexibility index (Phi) is 4.85. The second-order valence-electron chi connectivity index (χ2n) is 6.40. The standard InChI is InChI=1S/C17H23NO4S/c1-17(2)21-10-13(22-17)15(11-6-5-9-20-16(11)19)23-14-8-4-3-7-12(14)18/h3-4,7-8,11,13,15H,5-6,9-10,18H2,1-2H3/t11-,13-,15-/m0/s1. The molecule has 5 nitrogen and oxygen atoms in total. The van der Waals surface area contributed by atoms with Crippen LogP contribution in [-0.2, 0) is 19.0 Å². The van der Waals surface area contributed by atoms with Crippen molar-refractivity contribution in [3.8, 4) is 0 Å². The number of hydrogen-bond donors (Lipinski definition) is 1. The molecule has 0 amide bonds. The lowest BCUT2D eigenvalue weighted by molar-refractivity contribution is -0.157. The van der Waals surface area contributed by atoms with Gasteiger partial charge in [-0.15, -0.1) is 11.8 Å². The highest BCUT2D eigenvalue weighted by molar-refractivity contribution is 8.00. The molecule has 23 heavy (non-hydrogen) atoms. The number of rotatable bonds is 4. The van der Waals surface area contributed by atoms with Gasteiger partial charge in [0.05, 0.1) is 30.5 Å². The number of cyclic esters (lactones) is 1. The number of nitrogen functional groups attached to an aromatic ring is 1. The monoisotopic (exact) mass is 337 g/mol. The number of esters is 1. The zero-order chi connectivity index (χ0) is 16.4. The largest absolute Gasteiger partial charge is 0.465 e. The van der Waals surface area contributed by atoms with E-state index in [9.17, 15) is 4.79 Å². The highest BCUT2D eigenvalue weighted by atomic mass is 32.2. The van der Waals surface area contributed by atoms with Gasteiger partial charge in [-0.1, -0.05) is 12.1 Å². The maximum absolute atomic E-state index is 12.3. The average molecular weight is 337 g/mol. The van der Waals surface area contributed by atoms with Gasteiger partial charge in [0.1, 0.15) is 0 Å². The van der Waals surface area contributed by atoms with Crippen LogP contribution in [0.25, 0.3) is 0 Å². The van der Waals surface area contributed by atoms with E-state index in [4.69, 9.17) is 19.9 Å². The summed E-state index contributed by atoms with van der Waals surface area (Å²) in [5.41, 5.74) is 6.79. The number of carbonyl (C=O) groups excluding carboxylic acids is 1. The molecule has 2 heterocycles. The predicted octanol–water partition coefficient (Wildman–Crippen LogP) is 2.83. The minimum absolute atomic E-state index is 0.0747. The Labute approximate surface area is 140 Å². The number of benzene rings is 1. The van der Waals surface area contributed by atoms with Crippen molar-refractivity contribution in [2.75, 3.05) is 18.9 Å². The second kappa shape index (κ2) is 6.71. The van der Waals surface area contributed by atoms with E-state index in [1.54, 1.807) is 11.8 Å². The Morgan fingerprint density at radius 2 is 2.13 bits per heavy atom. The summed E-state index contributed by atoms with van der Waals surface area (Å²) in [4.78, 5) is 13.2. The maximum atomic E-state index is 12.3. The zero-order valence-electron chi connectivity index (χ0n) is 13.5. The Morgan fingerprint density at radius 1 is 1.35 bits per heavy atom. The molecule has 0 saturated carbocycles. The topological polar surface area (TPSA) is 70.8 Å². The highest BCUT2D eigenvalue weighted by Crippen LogP contribution is 2.41. The Hall–Kier alpha value is -1.24. The van der Waals surface area contributed by atoms with Gasteiger partial charge in [0, 0.05) is 10.6 Å². The van der Waals surface area contributed by atoms with Gasteiger partial charge in [0.25, 0.3) is 0 Å². The lowest BCUT2D eigenvalue weighted by Crippen LogP contribution is -2.41. The third-order valence-corrected chi connectivity index (χ3v) is 5.71. The van der Waals surface area contributed by atoms with Crippen LogP contribution >= 0.6 is 11.8 Å². The summed E-state index contributed by atoms with van der Waals surface area (Å²) < 4.78 is 17.0. The smallest absolute Gasteiger partial charge is 0.310 e. The fraction of sp³-hybridized carbons (Fsp3) is 0.588. The molecule has 0 spiro atoms. The van der Waals surface area contributed by atoms with Crippen LogP contribution in [0, 0.1) is 5.92 Å². The van der Waals surface area contributed by atoms with Crippen molar-refractivity contribution in [2.24, 2.45) is 5.92 Å². The third-order valence-electron chi connectivity index (χ3n) is 4.18. The van der Waals surface area contributed by atoms with Crippen LogP contribution in [-0.4, -0.2) is 36.3 Å². The number of thioether (sulfide) groups is 1. The van der Waals surface area contributed by atoms with Crippen LogP contribution in [0.5, 0.6) is 0 Å². The number of ether oxygens (including phenoxy) is 3. The molecule has 126 valence electrons. The van der Waals surface area contributed by atoms with Crippen LogP contribution in [0.1, 0.15) is 26.7 Å². The van der Waals surface area contributed by atoms with Gasteiger partial charge < -0.3 is 19.9 Å². The summed E-state index contributed by atoms with van der Waals surface area (Å²) in [6, 6.07) is 7.70. The van der Waals surface area contributed by atoms with Gasteiger partial charge in [0.15, 0.2) is 5.79 Å². The van der Waals surface area contributed by atoms with Gasteiger partial charge >= 0.3 is 5.97 Å². The first kappa shape index (κ1) is 16.6. The first-order valence-corrected chi connectivity index (χ1v) is 8.84. The molecule has 1 aromatic carbocycles. The number of nitrogens with two attached hydrogens (primary N) is 1. The molecule has 2 aliphatic heterocycles. The number of para-hydroxylation sites is 1. The van der Waals surface area contributed by atoms with E-state index in [0.717, 1.165) is 17.7 Å². The molecule has 0 aliphatic carbocycles. The molecule has 2 N–H and O–H groups in total. The predicted molar refractivity (Wildman–Crippen MR) is 89.1 cm³/mol. The average Bonchev–Trinajstić information content (AvgIpc) is 2.87. The molecule has 2 fully saturated rings. The fourth-order valence-electron chi connectivity index (χ4n) is 3.03. The van der Waals surface area contributed by atoms with E-state index in [-0.39, 0.29) is 23.2 Å². The van der Waals surface area contributed by atoms with Crippen molar-refractivity contribution in [1.82, 2.24) is 0 Å². The lowest BCUT2D eigenvalue weighted by atomic mass is 9.94. The van der Waals surface area contributed by atoms with Crippen LogP contribution in [0.2, 0.25) is 0 Å². The first-order valence-electron chi connectivity index (χ1n) is 7.96. The van der Waals surface area contributed by atoms with Crippen molar-refractivity contribution < 1.29 is 19.0 Å². The molecule has 3 atom stereocenters. The van der Waals surface area contributed by atoms with Gasteiger partial charge in [-0.2, -0.15) is 0 Å². The summed E-state index contributed by atoms with van der Waals surface area (Å²) in [5.74, 6) is -0.961. The summed E-state index contributed by atoms with van der Waals surface area (Å²) >= 11 is 1.59. The van der Waals surface area contributed by atoms with E-state index in [1.807, 2.05) is 38.1 Å². The Morgan fingerprint density at radius 3 is 2.78 bits per heavy atom. The van der Waals surface area contributed by atoms with Crippen LogP contribution in [0.15, 0.2) is 29.2 Å². The van der Waals surface area contributed by atoms with Gasteiger partial charge in [0.2, 0.25) is 0 Å². The van der Waals surface area contributed by atoms with Crippen molar-refractivity contribution in [3.63, 3.8) is 0 Å². The van der Waals surface area contributed by atoms with Gasteiger partial charge in [-0.3, -0.25) is 4.79 Å². The van der Waals surface area contributed by atoms with Gasteiger partial charge in [-0.05, 0) is 38.8 Å². The fourth-order valence-corrected chi connectivity index (χ4v) is 4.38. The third kappa shape index (κ3) is 3.82. The van der Waals surface area contributed by atoms with E-state index in [0.29, 0.717) is 18.9 Å². The minimum Gasteiger partial charge on any atom is -0.465 e. The number of anilines is 1. The van der Waals surface area contributed by atoms with E-state index >= 15 is 0 Å². The molecule has 0 aromatic heterocycles. The molecule has 0 unspecified atom stereocenters. The van der Waals surface area contributed by atoms with Crippen LogP contribution in [0.4, 0.5) is 5.69 Å². The minimum atomic E-state index is -0.621. The normalized spacial score (nSPS) is 28.3. The molecule has 3 rings (SSSR count). The molecule has 1 aromatic rings. The number of carbonyl (C=O) groups is 1. The van der Waals surface area contributed by atoms with Crippen molar-refractivity contribution >= 4 is 23.4 Å². The van der Waals surface area contributed by atoms with E-state index in [1.165, 1.54) is 0 Å². The molecule has 0 bridgehead atoms. The second-order valence-corrected chi connectivity index (χ2v) is 7.62. The van der Waals surface area contributed by atoms with Crippen molar-refractivity contribution in [1.29, 1.82) is 0 Å². The van der Waals surface area contributed by atoms with Crippen molar-refractivity contribution in [3.05, 3.63) is 24.3 Å². The highest BCUT2D eigenvalue weighted by Gasteiger charge is 2.44. The summed E-state index contributed by atoms with van der Waals surface area (Å²) in [7, 11) is 0. The maximum Gasteiger partial charge on any atom is 0.310 e. The van der Waals surface area contributed by atoms with Gasteiger partial charge in [-0.25, -0.2) is 0 Å². The first-order chi connectivity index (χ1) is 11.0. The van der Waals surface area contributed by atoms with Crippen molar-refractivity contribution in [2.45, 2.75) is 48.7 Å². The SMILES string of the molecule is CC1(C)OC[C@@H]([C@@H](Sc2ccccc2N)[C@@H]2CCCOC2=O)O1. The van der Waals surface area contributed by atoms with Crippen LogP contribution in [0.3, 0.4) is 0 Å². The Balaban J connectivity index is 1.84. The van der Waals surface area contributed by atoms with E-state index in [2.05, 4.69) is 0 Å². The zero-order valence-corrected chi connectivity index (χ0v) is 14.3.